The quantitative estimate of drug-likeness (QED) is 0.853. The highest BCUT2D eigenvalue weighted by Gasteiger charge is 2.30. The van der Waals surface area contributed by atoms with Crippen LogP contribution in [0.4, 0.5) is 14.5 Å². The fraction of sp³-hybridized carbons (Fsp3) is 0.200. The Bertz CT molecular complexity index is 492. The van der Waals surface area contributed by atoms with Gasteiger partial charge in [-0.25, -0.2) is 0 Å². The lowest BCUT2D eigenvalue weighted by Gasteiger charge is -2.18. The number of benzene rings is 2. The summed E-state index contributed by atoms with van der Waals surface area (Å²) in [5.41, 5.74) is 1.84. The zero-order valence-electron chi connectivity index (χ0n) is 10.2. The number of alkyl halides is 2. The van der Waals surface area contributed by atoms with Gasteiger partial charge in [0.1, 0.15) is 0 Å². The predicted octanol–water partition coefficient (Wildman–Crippen LogP) is 4.20. The molecule has 0 aromatic heterocycles. The van der Waals surface area contributed by atoms with E-state index in [4.69, 9.17) is 0 Å². The molecule has 3 heteroatoms. The van der Waals surface area contributed by atoms with E-state index in [1.54, 1.807) is 30.3 Å². The first-order chi connectivity index (χ1) is 8.58. The van der Waals surface area contributed by atoms with Crippen LogP contribution in [0.25, 0.3) is 0 Å². The second-order valence-electron chi connectivity index (χ2n) is 4.29. The molecule has 0 amide bonds. The summed E-state index contributed by atoms with van der Waals surface area (Å²) < 4.78 is 27.7. The van der Waals surface area contributed by atoms with E-state index < -0.39 is 12.5 Å². The van der Waals surface area contributed by atoms with Crippen LogP contribution < -0.4 is 5.32 Å². The van der Waals surface area contributed by atoms with Gasteiger partial charge in [-0.05, 0) is 19.1 Å². The van der Waals surface area contributed by atoms with Gasteiger partial charge in [0.05, 0.1) is 6.54 Å². The van der Waals surface area contributed by atoms with Crippen molar-refractivity contribution in [3.05, 3.63) is 65.7 Å². The summed E-state index contributed by atoms with van der Waals surface area (Å²) in [4.78, 5) is 0. The molecule has 0 aliphatic carbocycles. The number of rotatable bonds is 4. The van der Waals surface area contributed by atoms with E-state index in [1.807, 2.05) is 19.1 Å². The molecule has 0 aliphatic heterocycles. The van der Waals surface area contributed by atoms with Crippen LogP contribution in [0.1, 0.15) is 11.1 Å². The third-order valence-electron chi connectivity index (χ3n) is 2.76. The molecule has 1 N–H and O–H groups in total. The number of anilines is 1. The number of hydrogen-bond acceptors (Lipinski definition) is 1. The largest absolute Gasteiger partial charge is 0.379 e. The van der Waals surface area contributed by atoms with Crippen LogP contribution in [0.2, 0.25) is 0 Å². The van der Waals surface area contributed by atoms with Crippen molar-refractivity contribution in [2.45, 2.75) is 12.8 Å². The highest BCUT2D eigenvalue weighted by molar-refractivity contribution is 5.44. The van der Waals surface area contributed by atoms with E-state index in [0.29, 0.717) is 5.69 Å². The monoisotopic (exact) mass is 247 g/mol. The molecule has 0 radical (unpaired) electrons. The molecule has 0 unspecified atom stereocenters. The van der Waals surface area contributed by atoms with Crippen molar-refractivity contribution < 1.29 is 8.78 Å². The van der Waals surface area contributed by atoms with Gasteiger partial charge in [-0.15, -0.1) is 0 Å². The molecule has 0 aliphatic rings. The Kier molecular flexibility index (Phi) is 3.60. The average Bonchev–Trinajstić information content (AvgIpc) is 2.39. The lowest BCUT2D eigenvalue weighted by atomic mass is 10.1. The van der Waals surface area contributed by atoms with Crippen LogP contribution in [0.3, 0.4) is 0 Å². The third kappa shape index (κ3) is 3.06. The van der Waals surface area contributed by atoms with Crippen molar-refractivity contribution in [1.29, 1.82) is 0 Å². The minimum atomic E-state index is -2.87. The van der Waals surface area contributed by atoms with Crippen LogP contribution in [-0.4, -0.2) is 6.54 Å². The lowest BCUT2D eigenvalue weighted by Crippen LogP contribution is -2.24. The Morgan fingerprint density at radius 1 is 0.944 bits per heavy atom. The second-order valence-corrected chi connectivity index (χ2v) is 4.29. The van der Waals surface area contributed by atoms with Gasteiger partial charge in [-0.1, -0.05) is 48.0 Å². The highest BCUT2D eigenvalue weighted by Crippen LogP contribution is 2.28. The zero-order valence-corrected chi connectivity index (χ0v) is 10.2. The Labute approximate surface area is 105 Å². The van der Waals surface area contributed by atoms with Gasteiger partial charge in [0.25, 0.3) is 5.92 Å². The molecule has 94 valence electrons. The SMILES string of the molecule is Cc1ccc(NCC(F)(F)c2ccccc2)cc1. The first-order valence-electron chi connectivity index (χ1n) is 5.82. The molecule has 0 fully saturated rings. The summed E-state index contributed by atoms with van der Waals surface area (Å²) >= 11 is 0. The Morgan fingerprint density at radius 3 is 2.17 bits per heavy atom. The topological polar surface area (TPSA) is 12.0 Å². The number of nitrogens with one attached hydrogen (secondary N) is 1. The minimum Gasteiger partial charge on any atom is -0.379 e. The van der Waals surface area contributed by atoms with Gasteiger partial charge in [-0.3, -0.25) is 0 Å². The van der Waals surface area contributed by atoms with Crippen LogP contribution >= 0.6 is 0 Å². The Morgan fingerprint density at radius 2 is 1.56 bits per heavy atom. The predicted molar refractivity (Wildman–Crippen MR) is 70.0 cm³/mol. The summed E-state index contributed by atoms with van der Waals surface area (Å²) in [5.74, 6) is -2.87. The van der Waals surface area contributed by atoms with Gasteiger partial charge in [0.15, 0.2) is 0 Å². The molecule has 0 atom stereocenters. The van der Waals surface area contributed by atoms with E-state index in [-0.39, 0.29) is 5.56 Å². The van der Waals surface area contributed by atoms with Gasteiger partial charge >= 0.3 is 0 Å². The fourth-order valence-corrected chi connectivity index (χ4v) is 1.67. The Balaban J connectivity index is 2.03. The summed E-state index contributed by atoms with van der Waals surface area (Å²) in [6.45, 7) is 1.56. The maximum absolute atomic E-state index is 13.9. The molecule has 2 aromatic rings. The highest BCUT2D eigenvalue weighted by atomic mass is 19.3. The fourth-order valence-electron chi connectivity index (χ4n) is 1.67. The maximum atomic E-state index is 13.9. The van der Waals surface area contributed by atoms with Crippen LogP contribution in [0.15, 0.2) is 54.6 Å². The number of halogens is 2. The van der Waals surface area contributed by atoms with E-state index >= 15 is 0 Å². The zero-order chi connectivity index (χ0) is 13.0. The van der Waals surface area contributed by atoms with Gasteiger partial charge < -0.3 is 5.32 Å². The van der Waals surface area contributed by atoms with E-state index in [9.17, 15) is 8.78 Å². The number of hydrogen-bond donors (Lipinski definition) is 1. The van der Waals surface area contributed by atoms with Crippen molar-refractivity contribution in [2.75, 3.05) is 11.9 Å². The van der Waals surface area contributed by atoms with E-state index in [0.717, 1.165) is 5.56 Å². The second kappa shape index (κ2) is 5.17. The van der Waals surface area contributed by atoms with Crippen LogP contribution in [0.5, 0.6) is 0 Å². The van der Waals surface area contributed by atoms with Gasteiger partial charge in [0.2, 0.25) is 0 Å². The van der Waals surface area contributed by atoms with Crippen LogP contribution in [0, 0.1) is 6.92 Å². The molecular formula is C15H15F2N. The van der Waals surface area contributed by atoms with Gasteiger partial charge in [-0.2, -0.15) is 8.78 Å². The average molecular weight is 247 g/mol. The first-order valence-corrected chi connectivity index (χ1v) is 5.82. The van der Waals surface area contributed by atoms with Crippen molar-refractivity contribution in [3.63, 3.8) is 0 Å². The van der Waals surface area contributed by atoms with Crippen LogP contribution in [-0.2, 0) is 5.92 Å². The van der Waals surface area contributed by atoms with E-state index in [1.165, 1.54) is 12.1 Å². The van der Waals surface area contributed by atoms with Crippen molar-refractivity contribution >= 4 is 5.69 Å². The Hall–Kier alpha value is -1.90. The summed E-state index contributed by atoms with van der Waals surface area (Å²) in [7, 11) is 0. The minimum absolute atomic E-state index is 0.0320. The normalized spacial score (nSPS) is 11.3. The molecular weight excluding hydrogens is 232 g/mol. The third-order valence-corrected chi connectivity index (χ3v) is 2.76. The molecule has 0 spiro atoms. The maximum Gasteiger partial charge on any atom is 0.290 e. The van der Waals surface area contributed by atoms with Crippen molar-refractivity contribution in [3.8, 4) is 0 Å². The molecule has 0 saturated heterocycles. The standard InChI is InChI=1S/C15H15F2N/c1-12-7-9-14(10-8-12)18-11-15(16,17)13-5-3-2-4-6-13/h2-10,18H,11H2,1H3. The summed E-state index contributed by atoms with van der Waals surface area (Å²) in [6.07, 6.45) is 0. The molecule has 1 nitrogen and oxygen atoms in total. The van der Waals surface area contributed by atoms with Gasteiger partial charge in [0, 0.05) is 11.3 Å². The molecule has 0 saturated carbocycles. The first kappa shape index (κ1) is 12.6. The van der Waals surface area contributed by atoms with Crippen molar-refractivity contribution in [2.24, 2.45) is 0 Å². The molecule has 2 rings (SSSR count). The molecule has 18 heavy (non-hydrogen) atoms. The van der Waals surface area contributed by atoms with Crippen molar-refractivity contribution in [1.82, 2.24) is 0 Å². The molecule has 2 aromatic carbocycles. The summed E-state index contributed by atoms with van der Waals surface area (Å²) in [6, 6.07) is 15.2. The summed E-state index contributed by atoms with van der Waals surface area (Å²) in [5, 5.41) is 2.76. The number of aryl methyl sites for hydroxylation is 1. The molecule has 0 bridgehead atoms. The smallest absolute Gasteiger partial charge is 0.290 e. The molecule has 0 heterocycles. The lowest BCUT2D eigenvalue weighted by molar-refractivity contribution is 0.0106. The van der Waals surface area contributed by atoms with E-state index in [2.05, 4.69) is 5.32 Å².